The molecule has 2 aromatic rings. The molecule has 0 bridgehead atoms. The third-order valence-electron chi connectivity index (χ3n) is 3.47. The zero-order valence-corrected chi connectivity index (χ0v) is 14.5. The van der Waals surface area contributed by atoms with Crippen molar-refractivity contribution >= 4 is 41.8 Å². The first-order valence-corrected chi connectivity index (χ1v) is 7.14. The summed E-state index contributed by atoms with van der Waals surface area (Å²) in [5, 5.41) is 2.86. The first kappa shape index (κ1) is 20.7. The second kappa shape index (κ2) is 9.66. The lowest BCUT2D eigenvalue weighted by Crippen LogP contribution is -2.40. The van der Waals surface area contributed by atoms with Crippen LogP contribution in [0.15, 0.2) is 24.3 Å². The molecule has 0 unspecified atom stereocenters. The summed E-state index contributed by atoms with van der Waals surface area (Å²) < 4.78 is 2.18. The van der Waals surface area contributed by atoms with Crippen molar-refractivity contribution in [2.45, 2.75) is 39.3 Å². The molecular weight excluding hydrogens is 323 g/mol. The number of nitrogens with one attached hydrogen (secondary N) is 1. The summed E-state index contributed by atoms with van der Waals surface area (Å²) in [6.07, 6.45) is 1.37. The van der Waals surface area contributed by atoms with Crippen LogP contribution >= 0.6 is 24.8 Å². The SMILES string of the molecule is CC[C@H](N)C(=O)NCCc1nc2ccccc2n1CC.Cl.Cl. The van der Waals surface area contributed by atoms with Gasteiger partial charge < -0.3 is 15.6 Å². The number of rotatable bonds is 6. The molecule has 0 fully saturated rings. The van der Waals surface area contributed by atoms with E-state index in [1.165, 1.54) is 0 Å². The van der Waals surface area contributed by atoms with Crippen LogP contribution < -0.4 is 11.1 Å². The normalized spacial score (nSPS) is 11.4. The van der Waals surface area contributed by atoms with Crippen molar-refractivity contribution in [2.24, 2.45) is 5.73 Å². The quantitative estimate of drug-likeness (QED) is 0.842. The second-order valence-electron chi connectivity index (χ2n) is 4.82. The van der Waals surface area contributed by atoms with E-state index in [1.807, 2.05) is 25.1 Å². The Labute approximate surface area is 143 Å². The number of fused-ring (bicyclic) bond motifs is 1. The van der Waals surface area contributed by atoms with E-state index in [2.05, 4.69) is 27.9 Å². The van der Waals surface area contributed by atoms with Crippen molar-refractivity contribution in [1.82, 2.24) is 14.9 Å². The van der Waals surface area contributed by atoms with Crippen LogP contribution in [0.3, 0.4) is 0 Å². The van der Waals surface area contributed by atoms with Crippen LogP contribution in [0.25, 0.3) is 11.0 Å². The summed E-state index contributed by atoms with van der Waals surface area (Å²) in [7, 11) is 0. The van der Waals surface area contributed by atoms with Crippen molar-refractivity contribution in [2.75, 3.05) is 6.54 Å². The van der Waals surface area contributed by atoms with Crippen molar-refractivity contribution in [1.29, 1.82) is 0 Å². The molecule has 5 nitrogen and oxygen atoms in total. The highest BCUT2D eigenvalue weighted by Crippen LogP contribution is 2.15. The van der Waals surface area contributed by atoms with Gasteiger partial charge in [0.2, 0.25) is 5.91 Å². The van der Waals surface area contributed by atoms with Gasteiger partial charge in [-0.3, -0.25) is 4.79 Å². The van der Waals surface area contributed by atoms with Gasteiger partial charge in [0.25, 0.3) is 0 Å². The average molecular weight is 347 g/mol. The third kappa shape index (κ3) is 4.60. The number of carbonyl (C=O) groups excluding carboxylic acids is 1. The highest BCUT2D eigenvalue weighted by Gasteiger charge is 2.12. The van der Waals surface area contributed by atoms with Crippen molar-refractivity contribution in [3.8, 4) is 0 Å². The molecule has 0 saturated carbocycles. The predicted octanol–water partition coefficient (Wildman–Crippen LogP) is 2.30. The maximum atomic E-state index is 11.6. The molecule has 7 heteroatoms. The minimum absolute atomic E-state index is 0. The van der Waals surface area contributed by atoms with Gasteiger partial charge in [-0.25, -0.2) is 4.98 Å². The number of amides is 1. The largest absolute Gasteiger partial charge is 0.354 e. The van der Waals surface area contributed by atoms with Crippen LogP contribution in [0.1, 0.15) is 26.1 Å². The average Bonchev–Trinajstić information content (AvgIpc) is 2.83. The van der Waals surface area contributed by atoms with Gasteiger partial charge in [0.1, 0.15) is 5.82 Å². The van der Waals surface area contributed by atoms with Gasteiger partial charge in [-0.05, 0) is 25.5 Å². The Balaban J connectivity index is 0.00000220. The van der Waals surface area contributed by atoms with Crippen molar-refractivity contribution < 1.29 is 4.79 Å². The molecule has 124 valence electrons. The molecule has 0 aliphatic heterocycles. The zero-order valence-electron chi connectivity index (χ0n) is 12.9. The monoisotopic (exact) mass is 346 g/mol. The van der Waals surface area contributed by atoms with Gasteiger partial charge >= 0.3 is 0 Å². The lowest BCUT2D eigenvalue weighted by Gasteiger charge is -2.10. The number of imidazole rings is 1. The zero-order chi connectivity index (χ0) is 14.5. The van der Waals surface area contributed by atoms with Gasteiger partial charge in [-0.15, -0.1) is 24.8 Å². The first-order valence-electron chi connectivity index (χ1n) is 7.14. The van der Waals surface area contributed by atoms with E-state index < -0.39 is 6.04 Å². The Bertz CT molecular complexity index is 600. The number of halogens is 2. The Morgan fingerprint density at radius 3 is 2.64 bits per heavy atom. The maximum Gasteiger partial charge on any atom is 0.236 e. The molecule has 0 spiro atoms. The van der Waals surface area contributed by atoms with Gasteiger partial charge in [-0.1, -0.05) is 19.1 Å². The fraction of sp³-hybridized carbons (Fsp3) is 0.467. The molecule has 22 heavy (non-hydrogen) atoms. The molecule has 1 amide bonds. The van der Waals surface area contributed by atoms with Crippen LogP contribution in [0.2, 0.25) is 0 Å². The molecule has 1 aromatic carbocycles. The summed E-state index contributed by atoms with van der Waals surface area (Å²) in [5.41, 5.74) is 7.82. The van der Waals surface area contributed by atoms with E-state index in [1.54, 1.807) is 0 Å². The summed E-state index contributed by atoms with van der Waals surface area (Å²) in [4.78, 5) is 16.3. The lowest BCUT2D eigenvalue weighted by molar-refractivity contribution is -0.122. The fourth-order valence-electron chi connectivity index (χ4n) is 2.28. The van der Waals surface area contributed by atoms with Crippen molar-refractivity contribution in [3.63, 3.8) is 0 Å². The van der Waals surface area contributed by atoms with Crippen LogP contribution in [0.5, 0.6) is 0 Å². The van der Waals surface area contributed by atoms with E-state index in [9.17, 15) is 4.79 Å². The summed E-state index contributed by atoms with van der Waals surface area (Å²) in [5.74, 6) is 0.908. The molecule has 0 radical (unpaired) electrons. The number of aromatic nitrogens is 2. The third-order valence-corrected chi connectivity index (χ3v) is 3.47. The number of nitrogens with two attached hydrogens (primary N) is 1. The van der Waals surface area contributed by atoms with Gasteiger partial charge in [0, 0.05) is 19.5 Å². The number of nitrogens with zero attached hydrogens (tertiary/aromatic N) is 2. The first-order chi connectivity index (χ1) is 9.67. The van der Waals surface area contributed by atoms with E-state index >= 15 is 0 Å². The van der Waals surface area contributed by atoms with Crippen molar-refractivity contribution in [3.05, 3.63) is 30.1 Å². The van der Waals surface area contributed by atoms with Crippen LogP contribution in [-0.4, -0.2) is 28.0 Å². The molecule has 1 aromatic heterocycles. The van der Waals surface area contributed by atoms with E-state index in [4.69, 9.17) is 5.73 Å². The fourth-order valence-corrected chi connectivity index (χ4v) is 2.28. The van der Waals surface area contributed by atoms with Gasteiger partial charge in [0.15, 0.2) is 0 Å². The summed E-state index contributed by atoms with van der Waals surface area (Å²) in [6, 6.07) is 7.67. The number of para-hydroxylation sites is 2. The predicted molar refractivity (Wildman–Crippen MR) is 94.9 cm³/mol. The number of benzene rings is 1. The number of aryl methyl sites for hydroxylation is 1. The Hall–Kier alpha value is -1.30. The minimum Gasteiger partial charge on any atom is -0.354 e. The summed E-state index contributed by atoms with van der Waals surface area (Å²) >= 11 is 0. The van der Waals surface area contributed by atoms with Gasteiger partial charge in [0.05, 0.1) is 17.1 Å². The number of hydrogen-bond donors (Lipinski definition) is 2. The molecule has 1 atom stereocenters. The van der Waals surface area contributed by atoms with Crippen LogP contribution in [-0.2, 0) is 17.8 Å². The van der Waals surface area contributed by atoms with E-state index in [0.717, 1.165) is 23.4 Å². The lowest BCUT2D eigenvalue weighted by atomic mass is 10.2. The Morgan fingerprint density at radius 2 is 2.00 bits per heavy atom. The highest BCUT2D eigenvalue weighted by atomic mass is 35.5. The molecule has 2 rings (SSSR count). The van der Waals surface area contributed by atoms with E-state index in [-0.39, 0.29) is 30.7 Å². The molecule has 0 aliphatic carbocycles. The van der Waals surface area contributed by atoms with Crippen LogP contribution in [0, 0.1) is 0 Å². The number of carbonyl (C=O) groups is 1. The Kier molecular flexibility index (Phi) is 9.09. The van der Waals surface area contributed by atoms with E-state index in [0.29, 0.717) is 19.4 Å². The second-order valence-corrected chi connectivity index (χ2v) is 4.82. The molecule has 0 aliphatic rings. The summed E-state index contributed by atoms with van der Waals surface area (Å²) in [6.45, 7) is 5.44. The van der Waals surface area contributed by atoms with Crippen LogP contribution in [0.4, 0.5) is 0 Å². The maximum absolute atomic E-state index is 11.6. The molecule has 1 heterocycles. The molecule has 0 saturated heterocycles. The number of hydrogen-bond acceptors (Lipinski definition) is 3. The topological polar surface area (TPSA) is 72.9 Å². The standard InChI is InChI=1S/C15H22N4O.2ClH/c1-3-11(16)15(20)17-10-9-14-18-12-7-5-6-8-13(12)19(14)4-2;;/h5-8,11H,3-4,9-10,16H2,1-2H3,(H,17,20);2*1H/t11-;;/m0../s1. The Morgan fingerprint density at radius 1 is 1.32 bits per heavy atom. The smallest absolute Gasteiger partial charge is 0.236 e. The minimum atomic E-state index is -0.417. The van der Waals surface area contributed by atoms with Gasteiger partial charge in [-0.2, -0.15) is 0 Å². The highest BCUT2D eigenvalue weighted by molar-refractivity contribution is 5.85. The molecule has 3 N–H and O–H groups in total. The molecular formula is C15H24Cl2N4O.